The predicted octanol–water partition coefficient (Wildman–Crippen LogP) is 6.56. The summed E-state index contributed by atoms with van der Waals surface area (Å²) in [5.41, 5.74) is 4.62. The number of carboxylic acid groups (broad SMARTS) is 1. The van der Waals surface area contributed by atoms with E-state index in [1.807, 2.05) is 31.2 Å². The van der Waals surface area contributed by atoms with E-state index in [4.69, 9.17) is 16.5 Å². The van der Waals surface area contributed by atoms with Crippen molar-refractivity contribution < 1.29 is 39.9 Å². The van der Waals surface area contributed by atoms with E-state index in [1.54, 1.807) is 0 Å². The Labute approximate surface area is 408 Å². The van der Waals surface area contributed by atoms with Gasteiger partial charge in [0.2, 0.25) is 0 Å². The second-order valence-electron chi connectivity index (χ2n) is 24.6. The van der Waals surface area contributed by atoms with E-state index >= 15 is 15.0 Å². The van der Waals surface area contributed by atoms with Crippen LogP contribution in [0.2, 0.25) is 0 Å². The Morgan fingerprint density at radius 2 is 1.71 bits per heavy atom. The number of aliphatic carboxylic acids is 1. The van der Waals surface area contributed by atoms with Gasteiger partial charge in [0.25, 0.3) is 0 Å². The molecule has 0 heterocycles. The number of rotatable bonds is 3. The SMILES string of the molecule is C/C(C(=O)O)=C1/CC[C@]2(N=C(N)N)C=C[C@@]34[C@@H]5CCCC[C@@]36CC(=O)C3=C7[C@@]68CCC#CC[C@]6(C)C(=O)CC[C@@]3(C)[C@@H]6[C@@H](C3=Cc6ccccc6CC3)[C@]7(O)C=C3CC6=C(C(=CC6)[C@]1(O)[C@]52O)[C@@H]4[C@@]38O. The van der Waals surface area contributed by atoms with Crippen LogP contribution in [0.15, 0.2) is 104 Å². The molecule has 13 aliphatic rings. The average molecular weight is 942 g/mol. The van der Waals surface area contributed by atoms with Gasteiger partial charge in [-0.25, -0.2) is 9.79 Å². The van der Waals surface area contributed by atoms with Gasteiger partial charge in [-0.05, 0) is 122 Å². The lowest BCUT2D eigenvalue weighted by Gasteiger charge is -2.72. The zero-order valence-corrected chi connectivity index (χ0v) is 40.4. The fourth-order valence-electron chi connectivity index (χ4n) is 20.9. The number of carbonyl (C=O) groups is 3. The van der Waals surface area contributed by atoms with Crippen molar-refractivity contribution >= 4 is 29.6 Å². The van der Waals surface area contributed by atoms with Gasteiger partial charge < -0.3 is 37.0 Å². The highest BCUT2D eigenvalue weighted by Crippen LogP contribution is 2.92. The molecule has 5 saturated carbocycles. The Balaban J connectivity index is 1.18. The molecule has 14 rings (SSSR count). The standard InChI is InChI=1S/C59H63N3O8/c1-31(48(65)66)37-18-24-53(62-49(60)61)25-26-54-40-13-7-10-21-52(54)30-39(63)44-47-55(67)29-36-28-34-16-17-38(58(37,69)59(40,53)70)42(34)45(54)57(36,68)56(47,52)22-9-4-8-20-50(2)41(64)19-23-51(44,3)46(50)43(55)35-15-14-32-11-5-6-12-33(32)27-35/h5-6,11-12,17,25-27,29,40,43,45-46,67-70H,7,9-10,13-16,18-24,28,30H2,1-3H3,(H,65,66)(H4,60,61,62)/b37-31+/t40-,43+,45-,46+,50+,51+,52+,53-,54-,55+,56-,57-,58-,59-/m0/s1. The van der Waals surface area contributed by atoms with Crippen LogP contribution >= 0.6 is 0 Å². The third-order valence-corrected chi connectivity index (χ3v) is 22.7. The van der Waals surface area contributed by atoms with E-state index in [0.29, 0.717) is 80.1 Å². The molecule has 9 N–H and O–H groups in total. The van der Waals surface area contributed by atoms with E-state index in [1.165, 1.54) is 12.5 Å². The van der Waals surface area contributed by atoms with Crippen molar-refractivity contribution in [3.05, 3.63) is 110 Å². The van der Waals surface area contributed by atoms with Gasteiger partial charge in [-0.3, -0.25) is 9.59 Å². The van der Waals surface area contributed by atoms with Crippen LogP contribution in [-0.2, 0) is 20.8 Å². The lowest BCUT2D eigenvalue weighted by Crippen LogP contribution is -2.78. The minimum absolute atomic E-state index is 0.0122. The topological polar surface area (TPSA) is 217 Å². The van der Waals surface area contributed by atoms with Crippen LogP contribution in [0.3, 0.4) is 0 Å². The Kier molecular flexibility index (Phi) is 8.05. The number of nitrogens with two attached hydrogens (primary N) is 2. The highest BCUT2D eigenvalue weighted by atomic mass is 16.4. The molecule has 13 aliphatic carbocycles. The van der Waals surface area contributed by atoms with E-state index in [2.05, 4.69) is 49.1 Å². The molecular formula is C59H63N3O8. The number of ketones is 2. The number of guanidine groups is 1. The molecule has 362 valence electrons. The van der Waals surface area contributed by atoms with Crippen molar-refractivity contribution in [2.24, 2.45) is 67.2 Å². The number of hydrogen-bond acceptors (Lipinski definition) is 8. The smallest absolute Gasteiger partial charge is 0.331 e. The summed E-state index contributed by atoms with van der Waals surface area (Å²) < 4.78 is 0. The van der Waals surface area contributed by atoms with Gasteiger partial charge in [0.15, 0.2) is 11.7 Å². The highest BCUT2D eigenvalue weighted by molar-refractivity contribution is 6.03. The van der Waals surface area contributed by atoms with E-state index in [0.717, 1.165) is 28.7 Å². The number of aliphatic hydroxyl groups is 4. The largest absolute Gasteiger partial charge is 0.478 e. The highest BCUT2D eigenvalue weighted by Gasteiger charge is 2.93. The van der Waals surface area contributed by atoms with Crippen LogP contribution in [0.4, 0.5) is 0 Å². The Morgan fingerprint density at radius 3 is 2.50 bits per heavy atom. The predicted molar refractivity (Wildman–Crippen MR) is 261 cm³/mol. The number of nitrogens with zero attached hydrogens (tertiary/aromatic N) is 1. The number of aliphatic imine (C=N–C) groups is 1. The minimum Gasteiger partial charge on any atom is -0.478 e. The van der Waals surface area contributed by atoms with Gasteiger partial charge in [-0.1, -0.05) is 86.4 Å². The maximum Gasteiger partial charge on any atom is 0.331 e. The summed E-state index contributed by atoms with van der Waals surface area (Å²) in [7, 11) is 0. The molecule has 11 heteroatoms. The zero-order valence-electron chi connectivity index (χ0n) is 40.4. The fourth-order valence-corrected chi connectivity index (χ4v) is 20.9. The van der Waals surface area contributed by atoms with Gasteiger partial charge in [0, 0.05) is 81.7 Å². The number of allylic oxidation sites excluding steroid dienone is 4. The molecule has 0 amide bonds. The first-order valence-corrected chi connectivity index (χ1v) is 26.1. The number of fused-ring (bicyclic) bond motifs is 2. The van der Waals surface area contributed by atoms with Gasteiger partial charge in [-0.2, -0.15) is 0 Å². The second-order valence-corrected chi connectivity index (χ2v) is 24.6. The Morgan fingerprint density at radius 1 is 0.914 bits per heavy atom. The van der Waals surface area contributed by atoms with Crippen molar-refractivity contribution in [3.8, 4) is 11.8 Å². The van der Waals surface area contributed by atoms with E-state index < -0.39 is 84.7 Å². The van der Waals surface area contributed by atoms with Gasteiger partial charge in [0.1, 0.15) is 33.7 Å². The average Bonchev–Trinajstić information content (AvgIpc) is 3.70. The summed E-state index contributed by atoms with van der Waals surface area (Å²) in [6.07, 6.45) is 16.1. The number of carboxylic acids is 1. The minimum atomic E-state index is -2.31. The summed E-state index contributed by atoms with van der Waals surface area (Å²) in [6, 6.07) is 8.37. The molecule has 1 aromatic rings. The molecule has 1 aromatic carbocycles. The molecule has 70 heavy (non-hydrogen) atoms. The molecule has 3 spiro atoms. The number of benzene rings is 1. The van der Waals surface area contributed by atoms with Crippen molar-refractivity contribution in [2.75, 3.05) is 0 Å². The number of Topliss-reactive ketones (excluding diaryl/α,β-unsaturated/α-hetero) is 2. The number of aryl methyl sites for hydroxylation is 1. The van der Waals surface area contributed by atoms with E-state index in [-0.39, 0.29) is 67.2 Å². The van der Waals surface area contributed by atoms with Crippen molar-refractivity contribution in [1.82, 2.24) is 0 Å². The molecule has 0 aromatic heterocycles. The maximum absolute atomic E-state index is 16.7. The van der Waals surface area contributed by atoms with Gasteiger partial charge in [-0.15, -0.1) is 11.8 Å². The third-order valence-electron chi connectivity index (χ3n) is 22.7. The molecule has 11 nitrogen and oxygen atoms in total. The lowest BCUT2D eigenvalue weighted by atomic mass is 9.32. The zero-order chi connectivity index (χ0) is 48.8. The van der Waals surface area contributed by atoms with Crippen LogP contribution in [0, 0.1) is 62.6 Å². The molecule has 0 radical (unpaired) electrons. The van der Waals surface area contributed by atoms with Crippen molar-refractivity contribution in [2.45, 2.75) is 151 Å². The van der Waals surface area contributed by atoms with E-state index in [9.17, 15) is 24.9 Å². The lowest BCUT2D eigenvalue weighted by molar-refractivity contribution is -0.230. The molecule has 0 saturated heterocycles. The van der Waals surface area contributed by atoms with Gasteiger partial charge in [0.05, 0.1) is 0 Å². The summed E-state index contributed by atoms with van der Waals surface area (Å²) in [5, 5.41) is 70.6. The fraction of sp³-hybridized carbons (Fsp3) is 0.559. The van der Waals surface area contributed by atoms with Crippen molar-refractivity contribution in [3.63, 3.8) is 0 Å². The number of hydrogen-bond donors (Lipinski definition) is 7. The van der Waals surface area contributed by atoms with Crippen molar-refractivity contribution in [1.29, 1.82) is 0 Å². The Hall–Kier alpha value is -5.12. The summed E-state index contributed by atoms with van der Waals surface area (Å²) in [5.74, 6) is 2.72. The third kappa shape index (κ3) is 4.15. The van der Waals surface area contributed by atoms with Gasteiger partial charge >= 0.3 is 5.97 Å². The summed E-state index contributed by atoms with van der Waals surface area (Å²) in [4.78, 5) is 49.8. The molecule has 5 fully saturated rings. The molecule has 0 aliphatic heterocycles. The summed E-state index contributed by atoms with van der Waals surface area (Å²) in [6.45, 7) is 5.72. The quantitative estimate of drug-likeness (QED) is 0.0570. The number of carbonyl (C=O) groups excluding carboxylic acids is 2. The molecule has 0 unspecified atom stereocenters. The van der Waals surface area contributed by atoms with Crippen LogP contribution in [-0.4, -0.2) is 77.0 Å². The molecule has 8 bridgehead atoms. The molecule has 14 atom stereocenters. The maximum atomic E-state index is 16.7. The monoisotopic (exact) mass is 941 g/mol. The first kappa shape index (κ1) is 43.7. The van der Waals surface area contributed by atoms with Crippen LogP contribution < -0.4 is 11.5 Å². The van der Waals surface area contributed by atoms with Crippen LogP contribution in [0.1, 0.15) is 128 Å². The first-order valence-electron chi connectivity index (χ1n) is 26.1. The second kappa shape index (κ2) is 12.9. The van der Waals surface area contributed by atoms with Crippen LogP contribution in [0.5, 0.6) is 0 Å². The normalized spacial score (nSPS) is 48.7. The summed E-state index contributed by atoms with van der Waals surface area (Å²) >= 11 is 0. The Bertz CT molecular complexity index is 3140. The first-order chi connectivity index (χ1) is 33.2. The van der Waals surface area contributed by atoms with Crippen LogP contribution in [0.25, 0.3) is 6.08 Å². The molecular weight excluding hydrogens is 879 g/mol.